The molecule has 9 nitrogen and oxygen atoms in total. The van der Waals surface area contributed by atoms with Crippen LogP contribution in [0.25, 0.3) is 0 Å². The quantitative estimate of drug-likeness (QED) is 0.353. The Morgan fingerprint density at radius 3 is 2.14 bits per heavy atom. The third-order valence-corrected chi connectivity index (χ3v) is 8.58. The van der Waals surface area contributed by atoms with Crippen molar-refractivity contribution in [2.75, 3.05) is 30.6 Å². The van der Waals surface area contributed by atoms with Crippen LogP contribution >= 0.6 is 0 Å². The minimum Gasteiger partial charge on any atom is -0.486 e. The van der Waals surface area contributed by atoms with Crippen molar-refractivity contribution in [2.24, 2.45) is 0 Å². The smallest absolute Gasteiger partial charge is 0.264 e. The molecule has 10 heteroatoms. The molecule has 3 aromatic rings. The van der Waals surface area contributed by atoms with Gasteiger partial charge in [0.15, 0.2) is 11.5 Å². The van der Waals surface area contributed by atoms with Gasteiger partial charge >= 0.3 is 0 Å². The van der Waals surface area contributed by atoms with Crippen LogP contribution < -0.4 is 19.1 Å². The fraction of sp³-hybridized carbons (Fsp3) is 0.375. The van der Waals surface area contributed by atoms with Crippen LogP contribution in [0.4, 0.5) is 5.69 Å². The zero-order valence-corrected chi connectivity index (χ0v) is 25.4. The Labute approximate surface area is 248 Å². The number of nitrogens with zero attached hydrogens (tertiary/aromatic N) is 2. The number of benzene rings is 3. The van der Waals surface area contributed by atoms with Crippen molar-refractivity contribution in [3.63, 3.8) is 0 Å². The normalized spacial score (nSPS) is 13.6. The molecule has 1 heterocycles. The molecule has 0 aromatic heterocycles. The first kappa shape index (κ1) is 30.9. The number of hydrogen-bond acceptors (Lipinski definition) is 6. The minimum atomic E-state index is -4.17. The van der Waals surface area contributed by atoms with Crippen LogP contribution in [0.1, 0.15) is 39.7 Å². The summed E-state index contributed by atoms with van der Waals surface area (Å²) in [6, 6.07) is 21.7. The van der Waals surface area contributed by atoms with E-state index in [1.165, 1.54) is 17.0 Å². The largest absolute Gasteiger partial charge is 0.486 e. The second kappa shape index (κ2) is 13.3. The first-order valence-corrected chi connectivity index (χ1v) is 15.6. The zero-order valence-electron chi connectivity index (χ0n) is 24.6. The average Bonchev–Trinajstić information content (AvgIpc) is 2.97. The molecular weight excluding hydrogens is 554 g/mol. The van der Waals surface area contributed by atoms with Crippen LogP contribution in [0.15, 0.2) is 83.8 Å². The highest BCUT2D eigenvalue weighted by Crippen LogP contribution is 2.36. The van der Waals surface area contributed by atoms with Crippen molar-refractivity contribution in [1.29, 1.82) is 0 Å². The maximum Gasteiger partial charge on any atom is 0.264 e. The van der Waals surface area contributed by atoms with Gasteiger partial charge in [-0.05, 0) is 63.4 Å². The van der Waals surface area contributed by atoms with Crippen LogP contribution in [0.2, 0.25) is 0 Å². The van der Waals surface area contributed by atoms with Gasteiger partial charge in [-0.2, -0.15) is 0 Å². The van der Waals surface area contributed by atoms with Gasteiger partial charge in [-0.1, -0.05) is 55.5 Å². The fourth-order valence-electron chi connectivity index (χ4n) is 4.78. The lowest BCUT2D eigenvalue weighted by atomic mass is 10.1. The lowest BCUT2D eigenvalue weighted by Gasteiger charge is -2.35. The van der Waals surface area contributed by atoms with E-state index in [0.29, 0.717) is 37.6 Å². The Bertz CT molecular complexity index is 1470. The maximum atomic E-state index is 14.2. The number of sulfonamides is 1. The van der Waals surface area contributed by atoms with E-state index in [1.54, 1.807) is 36.4 Å². The first-order valence-electron chi connectivity index (χ1n) is 14.1. The van der Waals surface area contributed by atoms with E-state index in [0.717, 1.165) is 9.87 Å². The van der Waals surface area contributed by atoms with E-state index in [2.05, 4.69) is 5.32 Å². The van der Waals surface area contributed by atoms with Gasteiger partial charge in [-0.25, -0.2) is 8.42 Å². The average molecular weight is 594 g/mol. The number of amides is 2. The van der Waals surface area contributed by atoms with Crippen LogP contribution in [-0.2, 0) is 26.0 Å². The van der Waals surface area contributed by atoms with Gasteiger partial charge in [0.2, 0.25) is 11.8 Å². The maximum absolute atomic E-state index is 14.2. The van der Waals surface area contributed by atoms with Crippen molar-refractivity contribution in [2.45, 2.75) is 57.0 Å². The lowest BCUT2D eigenvalue weighted by Crippen LogP contribution is -2.56. The van der Waals surface area contributed by atoms with Gasteiger partial charge in [-0.15, -0.1) is 0 Å². The summed E-state index contributed by atoms with van der Waals surface area (Å²) in [6.07, 6.45) is 0.860. The SMILES string of the molecule is CCC(C(=O)NC(C)(C)C)N(CCc1ccccc1)C(=O)CN(c1ccc2c(c1)OCCO2)S(=O)(=O)c1ccccc1. The number of anilines is 1. The second-order valence-electron chi connectivity index (χ2n) is 11.1. The summed E-state index contributed by atoms with van der Waals surface area (Å²) < 4.78 is 40.4. The predicted octanol–water partition coefficient (Wildman–Crippen LogP) is 4.42. The number of fused-ring (bicyclic) bond motifs is 1. The molecular formula is C32H39N3O6S. The van der Waals surface area contributed by atoms with Gasteiger partial charge in [0, 0.05) is 18.2 Å². The molecule has 1 N–H and O–H groups in total. The molecule has 1 unspecified atom stereocenters. The zero-order chi connectivity index (χ0) is 30.3. The van der Waals surface area contributed by atoms with E-state index in [9.17, 15) is 18.0 Å². The molecule has 42 heavy (non-hydrogen) atoms. The highest BCUT2D eigenvalue weighted by atomic mass is 32.2. The minimum absolute atomic E-state index is 0.0426. The standard InChI is InChI=1S/C32H39N3O6S/c1-5-27(31(37)33-32(2,3)4)34(19-18-24-12-8-6-9-13-24)30(36)23-35(42(38,39)26-14-10-7-11-15-26)25-16-17-28-29(22-25)41-21-20-40-28/h6-17,22,27H,5,18-21,23H2,1-4H3,(H,33,37). The van der Waals surface area contributed by atoms with Gasteiger partial charge in [0.05, 0.1) is 10.6 Å². The molecule has 4 rings (SSSR count). The number of carbonyl (C=O) groups is 2. The molecule has 224 valence electrons. The van der Waals surface area contributed by atoms with Gasteiger partial charge in [0.25, 0.3) is 10.0 Å². The Balaban J connectivity index is 1.72. The molecule has 1 atom stereocenters. The van der Waals surface area contributed by atoms with Gasteiger partial charge in [-0.3, -0.25) is 13.9 Å². The third kappa shape index (κ3) is 7.61. The molecule has 0 bridgehead atoms. The first-order chi connectivity index (χ1) is 20.0. The van der Waals surface area contributed by atoms with Crippen LogP contribution in [-0.4, -0.2) is 63.0 Å². The monoisotopic (exact) mass is 593 g/mol. The van der Waals surface area contributed by atoms with Gasteiger partial charge in [0.1, 0.15) is 25.8 Å². The van der Waals surface area contributed by atoms with Crippen LogP contribution in [0, 0.1) is 0 Å². The van der Waals surface area contributed by atoms with Crippen molar-refractivity contribution < 1.29 is 27.5 Å². The summed E-state index contributed by atoms with van der Waals surface area (Å²) in [5.41, 5.74) is 0.751. The van der Waals surface area contributed by atoms with Crippen molar-refractivity contribution in [1.82, 2.24) is 10.2 Å². The number of rotatable bonds is 11. The van der Waals surface area contributed by atoms with E-state index >= 15 is 0 Å². The Morgan fingerprint density at radius 2 is 1.52 bits per heavy atom. The van der Waals surface area contributed by atoms with Crippen LogP contribution in [0.3, 0.4) is 0 Å². The number of ether oxygens (including phenoxy) is 2. The topological polar surface area (TPSA) is 105 Å². The third-order valence-electron chi connectivity index (χ3n) is 6.79. The number of hydrogen-bond donors (Lipinski definition) is 1. The molecule has 1 aliphatic heterocycles. The summed E-state index contributed by atoms with van der Waals surface area (Å²) >= 11 is 0. The van der Waals surface area contributed by atoms with E-state index < -0.39 is 34.1 Å². The highest BCUT2D eigenvalue weighted by Gasteiger charge is 2.34. The molecule has 0 radical (unpaired) electrons. The summed E-state index contributed by atoms with van der Waals surface area (Å²) in [5, 5.41) is 2.98. The predicted molar refractivity (Wildman–Crippen MR) is 162 cm³/mol. The van der Waals surface area contributed by atoms with Crippen molar-refractivity contribution in [3.05, 3.63) is 84.4 Å². The second-order valence-corrected chi connectivity index (χ2v) is 13.0. The molecule has 0 saturated carbocycles. The molecule has 0 aliphatic carbocycles. The highest BCUT2D eigenvalue weighted by molar-refractivity contribution is 7.92. The van der Waals surface area contributed by atoms with E-state index in [-0.39, 0.29) is 23.0 Å². The lowest BCUT2D eigenvalue weighted by molar-refractivity contribution is -0.140. The summed E-state index contributed by atoms with van der Waals surface area (Å²) in [4.78, 5) is 29.1. The van der Waals surface area contributed by atoms with Crippen molar-refractivity contribution in [3.8, 4) is 11.5 Å². The summed E-state index contributed by atoms with van der Waals surface area (Å²) in [6.45, 7) is 7.92. The van der Waals surface area contributed by atoms with Gasteiger partial charge < -0.3 is 19.7 Å². The molecule has 0 fully saturated rings. The van der Waals surface area contributed by atoms with Crippen molar-refractivity contribution >= 4 is 27.5 Å². The Hall–Kier alpha value is -4.05. The fourth-order valence-corrected chi connectivity index (χ4v) is 6.21. The summed E-state index contributed by atoms with van der Waals surface area (Å²) in [7, 11) is -4.17. The number of nitrogens with one attached hydrogen (secondary N) is 1. The molecule has 3 aromatic carbocycles. The van der Waals surface area contributed by atoms with E-state index in [1.807, 2.05) is 58.0 Å². The molecule has 1 aliphatic rings. The molecule has 2 amide bonds. The summed E-state index contributed by atoms with van der Waals surface area (Å²) in [5.74, 6) is 0.124. The Kier molecular flexibility index (Phi) is 9.78. The Morgan fingerprint density at radius 1 is 0.905 bits per heavy atom. The van der Waals surface area contributed by atoms with Crippen LogP contribution in [0.5, 0.6) is 11.5 Å². The number of carbonyl (C=O) groups excluding carboxylic acids is 2. The molecule has 0 saturated heterocycles. The van der Waals surface area contributed by atoms with E-state index in [4.69, 9.17) is 9.47 Å². The molecule has 0 spiro atoms.